The molecule has 0 saturated carbocycles. The maximum atomic E-state index is 13.3. The highest BCUT2D eigenvalue weighted by Gasteiger charge is 2.43. The third-order valence-corrected chi connectivity index (χ3v) is 6.68. The molecule has 0 radical (unpaired) electrons. The van der Waals surface area contributed by atoms with Gasteiger partial charge in [-0.1, -0.05) is 0 Å². The summed E-state index contributed by atoms with van der Waals surface area (Å²) in [7, 11) is 0. The molecule has 2 aromatic rings. The van der Waals surface area contributed by atoms with E-state index in [2.05, 4.69) is 0 Å². The molecule has 26 heavy (non-hydrogen) atoms. The van der Waals surface area contributed by atoms with Gasteiger partial charge in [0.2, 0.25) is 0 Å². The lowest BCUT2D eigenvalue weighted by atomic mass is 9.93. The van der Waals surface area contributed by atoms with Crippen molar-refractivity contribution in [3.05, 3.63) is 40.5 Å². The topological polar surface area (TPSA) is 25.2 Å². The second-order valence-corrected chi connectivity index (χ2v) is 8.20. The summed E-state index contributed by atoms with van der Waals surface area (Å²) in [5, 5.41) is 0.848. The number of likely N-dealkylation sites (tertiary alicyclic amines) is 1. The number of fused-ring (bicyclic) bond motifs is 1. The minimum atomic E-state index is -4.24. The minimum Gasteiger partial charge on any atom is -0.338 e. The average molecular weight is 382 g/mol. The van der Waals surface area contributed by atoms with Gasteiger partial charge in [-0.05, 0) is 56.2 Å². The number of aryl methyl sites for hydroxylation is 1. The van der Waals surface area contributed by atoms with Gasteiger partial charge in [0.05, 0.1) is 11.5 Å². The zero-order valence-electron chi connectivity index (χ0n) is 14.4. The zero-order valence-corrected chi connectivity index (χ0v) is 15.2. The van der Waals surface area contributed by atoms with Gasteiger partial charge in [-0.25, -0.2) is 0 Å². The van der Waals surface area contributed by atoms with E-state index < -0.39 is 12.1 Å². The number of aromatic nitrogens is 1. The Labute approximate surface area is 154 Å². The van der Waals surface area contributed by atoms with Crippen molar-refractivity contribution in [2.45, 2.75) is 44.7 Å². The first-order valence-electron chi connectivity index (χ1n) is 9.09. The largest absolute Gasteiger partial charge is 0.393 e. The molecule has 2 aliphatic rings. The Hall–Kier alpha value is -1.76. The second kappa shape index (κ2) is 6.76. The van der Waals surface area contributed by atoms with E-state index in [0.29, 0.717) is 18.5 Å². The minimum absolute atomic E-state index is 0.111. The first-order valence-corrected chi connectivity index (χ1v) is 9.90. The molecule has 3 nitrogen and oxygen atoms in total. The number of rotatable bonds is 2. The summed E-state index contributed by atoms with van der Waals surface area (Å²) in [4.78, 5) is 15.9. The zero-order chi connectivity index (χ0) is 18.3. The first kappa shape index (κ1) is 17.6. The van der Waals surface area contributed by atoms with Crippen LogP contribution in [-0.4, -0.2) is 34.6 Å². The van der Waals surface area contributed by atoms with Crippen molar-refractivity contribution in [2.75, 3.05) is 13.1 Å². The van der Waals surface area contributed by atoms with E-state index in [1.54, 1.807) is 11.3 Å². The standard InChI is InChI=1S/C19H21F3N2OS/c20-19(21,22)13-6-5-11-24(12-13)17(25)16-14-7-1-2-8-15(14)26-18(16)23-9-3-4-10-23/h3-4,9-10,13H,1-2,5-8,11-12H2/t13-/m0/s1. The smallest absolute Gasteiger partial charge is 0.338 e. The maximum absolute atomic E-state index is 13.3. The highest BCUT2D eigenvalue weighted by molar-refractivity contribution is 7.15. The Bertz CT molecular complexity index is 795. The molecule has 140 valence electrons. The van der Waals surface area contributed by atoms with Gasteiger partial charge in [0.1, 0.15) is 5.00 Å². The SMILES string of the molecule is O=C(c1c(-n2cccc2)sc2c1CCCC2)N1CCC[C@H](C(F)(F)F)C1. The Morgan fingerprint density at radius 1 is 1.12 bits per heavy atom. The molecule has 0 aromatic carbocycles. The van der Waals surface area contributed by atoms with E-state index in [1.165, 1.54) is 9.78 Å². The first-order chi connectivity index (χ1) is 12.4. The summed E-state index contributed by atoms with van der Waals surface area (Å²) < 4.78 is 41.4. The molecule has 0 bridgehead atoms. The fourth-order valence-electron chi connectivity index (χ4n) is 4.01. The number of piperidine rings is 1. The molecule has 0 N–H and O–H groups in total. The number of carbonyl (C=O) groups excluding carboxylic acids is 1. The number of carbonyl (C=O) groups is 1. The lowest BCUT2D eigenvalue weighted by Crippen LogP contribution is -2.45. The molecule has 7 heteroatoms. The van der Waals surface area contributed by atoms with E-state index in [4.69, 9.17) is 0 Å². The summed E-state index contributed by atoms with van der Waals surface area (Å²) in [5.41, 5.74) is 1.69. The molecule has 1 aliphatic carbocycles. The molecule has 4 rings (SSSR count). The van der Waals surface area contributed by atoms with Crippen LogP contribution in [0.4, 0.5) is 13.2 Å². The Morgan fingerprint density at radius 2 is 1.85 bits per heavy atom. The monoisotopic (exact) mass is 382 g/mol. The van der Waals surface area contributed by atoms with Crippen molar-refractivity contribution in [2.24, 2.45) is 5.92 Å². The normalized spacial score (nSPS) is 20.9. The predicted molar refractivity (Wildman–Crippen MR) is 95.0 cm³/mol. The number of alkyl halides is 3. The van der Waals surface area contributed by atoms with Crippen LogP contribution in [0.1, 0.15) is 46.5 Å². The summed E-state index contributed by atoms with van der Waals surface area (Å²) in [6.45, 7) is 0.180. The van der Waals surface area contributed by atoms with Crippen LogP contribution >= 0.6 is 11.3 Å². The van der Waals surface area contributed by atoms with E-state index in [9.17, 15) is 18.0 Å². The van der Waals surface area contributed by atoms with Gasteiger partial charge in [-0.15, -0.1) is 11.3 Å². The van der Waals surface area contributed by atoms with Crippen molar-refractivity contribution < 1.29 is 18.0 Å². The van der Waals surface area contributed by atoms with Gasteiger partial charge in [0.15, 0.2) is 0 Å². The summed E-state index contributed by atoms with van der Waals surface area (Å²) >= 11 is 1.61. The van der Waals surface area contributed by atoms with Crippen LogP contribution in [-0.2, 0) is 12.8 Å². The quantitative estimate of drug-likeness (QED) is 0.730. The molecule has 1 aliphatic heterocycles. The highest BCUT2D eigenvalue weighted by Crippen LogP contribution is 2.39. The van der Waals surface area contributed by atoms with Crippen LogP contribution < -0.4 is 0 Å². The molecule has 1 amide bonds. The van der Waals surface area contributed by atoms with E-state index in [1.807, 2.05) is 29.1 Å². The van der Waals surface area contributed by atoms with Gasteiger partial charge in [-0.2, -0.15) is 13.2 Å². The molecule has 1 atom stereocenters. The van der Waals surface area contributed by atoms with Gasteiger partial charge in [-0.3, -0.25) is 4.79 Å². The molecular weight excluding hydrogens is 361 g/mol. The predicted octanol–water partition coefficient (Wildman–Crippen LogP) is 4.83. The van der Waals surface area contributed by atoms with Crippen molar-refractivity contribution in [3.63, 3.8) is 0 Å². The molecule has 1 saturated heterocycles. The second-order valence-electron chi connectivity index (χ2n) is 7.11. The summed E-state index contributed by atoms with van der Waals surface area (Å²) in [5.74, 6) is -1.65. The summed E-state index contributed by atoms with van der Waals surface area (Å²) in [6.07, 6.45) is 3.98. The van der Waals surface area contributed by atoms with E-state index in [0.717, 1.165) is 36.2 Å². The van der Waals surface area contributed by atoms with Crippen LogP contribution in [0.2, 0.25) is 0 Å². The van der Waals surface area contributed by atoms with Crippen LogP contribution in [0.15, 0.2) is 24.5 Å². The summed E-state index contributed by atoms with van der Waals surface area (Å²) in [6, 6.07) is 3.79. The number of hydrogen-bond donors (Lipinski definition) is 0. The lowest BCUT2D eigenvalue weighted by Gasteiger charge is -2.34. The number of nitrogens with zero attached hydrogens (tertiary/aromatic N) is 2. The van der Waals surface area contributed by atoms with E-state index >= 15 is 0 Å². The van der Waals surface area contributed by atoms with Crippen molar-refractivity contribution >= 4 is 17.2 Å². The molecule has 0 unspecified atom stereocenters. The van der Waals surface area contributed by atoms with Crippen LogP contribution in [0.25, 0.3) is 5.00 Å². The fraction of sp³-hybridized carbons (Fsp3) is 0.526. The van der Waals surface area contributed by atoms with Crippen LogP contribution in [0.5, 0.6) is 0 Å². The number of halogens is 3. The van der Waals surface area contributed by atoms with Gasteiger partial charge < -0.3 is 9.47 Å². The van der Waals surface area contributed by atoms with Crippen molar-refractivity contribution in [1.82, 2.24) is 9.47 Å². The number of thiophene rings is 1. The van der Waals surface area contributed by atoms with Gasteiger partial charge in [0.25, 0.3) is 5.91 Å². The van der Waals surface area contributed by atoms with Crippen LogP contribution in [0.3, 0.4) is 0 Å². The third-order valence-electron chi connectivity index (χ3n) is 5.38. The Kier molecular flexibility index (Phi) is 4.59. The number of hydrogen-bond acceptors (Lipinski definition) is 2. The maximum Gasteiger partial charge on any atom is 0.393 e. The van der Waals surface area contributed by atoms with Crippen molar-refractivity contribution in [3.8, 4) is 5.00 Å². The molecule has 1 fully saturated rings. The number of amides is 1. The molecule has 2 aromatic heterocycles. The molecule has 0 spiro atoms. The van der Waals surface area contributed by atoms with E-state index in [-0.39, 0.29) is 18.9 Å². The highest BCUT2D eigenvalue weighted by atomic mass is 32.1. The van der Waals surface area contributed by atoms with Crippen molar-refractivity contribution in [1.29, 1.82) is 0 Å². The fourth-order valence-corrected chi connectivity index (χ4v) is 5.36. The van der Waals surface area contributed by atoms with Gasteiger partial charge in [0, 0.05) is 30.4 Å². The van der Waals surface area contributed by atoms with Crippen LogP contribution in [0, 0.1) is 5.92 Å². The third kappa shape index (κ3) is 3.17. The lowest BCUT2D eigenvalue weighted by molar-refractivity contribution is -0.184. The average Bonchev–Trinajstić information content (AvgIpc) is 3.28. The Morgan fingerprint density at radius 3 is 2.58 bits per heavy atom. The molecule has 3 heterocycles. The van der Waals surface area contributed by atoms with Gasteiger partial charge >= 0.3 is 6.18 Å². The molecular formula is C19H21F3N2OS. The Balaban J connectivity index is 1.70.